The van der Waals surface area contributed by atoms with Crippen LogP contribution < -0.4 is 5.73 Å². The Balaban J connectivity index is 2.36. The number of ether oxygens (including phenoxy) is 1. The highest BCUT2D eigenvalue weighted by molar-refractivity contribution is 6.31. The van der Waals surface area contributed by atoms with E-state index in [0.717, 1.165) is 25.7 Å². The molecule has 1 fully saturated rings. The first-order valence-electron chi connectivity index (χ1n) is 6.07. The minimum atomic E-state index is -0.783. The van der Waals surface area contributed by atoms with Crippen LogP contribution in [0.3, 0.4) is 0 Å². The summed E-state index contributed by atoms with van der Waals surface area (Å²) in [6.07, 6.45) is 4.67. The zero-order valence-electron chi connectivity index (χ0n) is 10.6. The number of nitrogens with two attached hydrogens (primary N) is 1. The fourth-order valence-corrected chi connectivity index (χ4v) is 3.02. The molecule has 5 nitrogen and oxygen atoms in total. The maximum atomic E-state index is 11.1. The molecule has 100 valence electrons. The van der Waals surface area contributed by atoms with Gasteiger partial charge in [-0.1, -0.05) is 31.4 Å². The topological polar surface area (TPSA) is 70.1 Å². The van der Waals surface area contributed by atoms with Crippen LogP contribution in [-0.2, 0) is 11.8 Å². The summed E-state index contributed by atoms with van der Waals surface area (Å²) in [7, 11) is 1.79. The zero-order valence-corrected chi connectivity index (χ0v) is 11.4. The van der Waals surface area contributed by atoms with Crippen LogP contribution in [0, 0.1) is 5.41 Å². The summed E-state index contributed by atoms with van der Waals surface area (Å²) < 4.78 is 6.91. The van der Waals surface area contributed by atoms with Gasteiger partial charge in [-0.25, -0.2) is 4.79 Å². The van der Waals surface area contributed by atoms with Crippen molar-refractivity contribution < 1.29 is 9.53 Å². The van der Waals surface area contributed by atoms with Gasteiger partial charge in [-0.3, -0.25) is 4.68 Å². The van der Waals surface area contributed by atoms with Crippen LogP contribution in [0.25, 0.3) is 0 Å². The number of rotatable bonds is 3. The van der Waals surface area contributed by atoms with Crippen LogP contribution in [0.2, 0.25) is 5.02 Å². The van der Waals surface area contributed by atoms with Crippen LogP contribution in [0.4, 0.5) is 4.79 Å². The lowest BCUT2D eigenvalue weighted by atomic mass is 9.81. The second kappa shape index (κ2) is 4.80. The van der Waals surface area contributed by atoms with E-state index in [2.05, 4.69) is 12.0 Å². The molecule has 18 heavy (non-hydrogen) atoms. The molecule has 6 heteroatoms. The summed E-state index contributed by atoms with van der Waals surface area (Å²) in [6.45, 7) is 2.10. The van der Waals surface area contributed by atoms with Crippen molar-refractivity contribution in [1.29, 1.82) is 0 Å². The second-order valence-corrected chi connectivity index (χ2v) is 5.62. The molecule has 1 aromatic heterocycles. The van der Waals surface area contributed by atoms with Gasteiger partial charge in [-0.05, 0) is 12.8 Å². The molecule has 2 N–H and O–H groups in total. The smallest absolute Gasteiger partial charge is 0.405 e. The third-order valence-electron chi connectivity index (χ3n) is 3.67. The fraction of sp³-hybridized carbons (Fsp3) is 0.667. The molecule has 0 aromatic carbocycles. The number of aryl methyl sites for hydroxylation is 1. The first-order chi connectivity index (χ1) is 8.42. The number of hydrogen-bond acceptors (Lipinski definition) is 3. The standard InChI is InChI=1S/C12H18ClN3O2/c1-12(5-3-4-6-12)10(18-11(14)17)9-8(13)7-16(2)15-9/h7,10H,3-6H2,1-2H3,(H2,14,17)/t10-/m0/s1. The normalized spacial score (nSPS) is 19.7. The van der Waals surface area contributed by atoms with Crippen LogP contribution >= 0.6 is 11.6 Å². The minimum Gasteiger partial charge on any atom is -0.439 e. The van der Waals surface area contributed by atoms with Crippen LogP contribution in [0.5, 0.6) is 0 Å². The summed E-state index contributed by atoms with van der Waals surface area (Å²) in [5.74, 6) is 0. The summed E-state index contributed by atoms with van der Waals surface area (Å²) in [4.78, 5) is 11.1. The molecule has 1 aromatic rings. The van der Waals surface area contributed by atoms with Gasteiger partial charge in [-0.2, -0.15) is 5.10 Å². The fourth-order valence-electron chi connectivity index (χ4n) is 2.74. The Morgan fingerprint density at radius 2 is 2.22 bits per heavy atom. The molecule has 2 rings (SSSR count). The van der Waals surface area contributed by atoms with Gasteiger partial charge in [0.05, 0.1) is 5.02 Å². The maximum absolute atomic E-state index is 11.1. The Kier molecular flexibility index (Phi) is 3.52. The van der Waals surface area contributed by atoms with Gasteiger partial charge in [0.15, 0.2) is 6.10 Å². The number of primary amides is 1. The van der Waals surface area contributed by atoms with Crippen molar-refractivity contribution in [3.8, 4) is 0 Å². The molecule has 1 amide bonds. The van der Waals surface area contributed by atoms with E-state index in [1.54, 1.807) is 17.9 Å². The molecule has 1 atom stereocenters. The van der Waals surface area contributed by atoms with E-state index >= 15 is 0 Å². The van der Waals surface area contributed by atoms with Crippen LogP contribution in [0.1, 0.15) is 44.4 Å². The van der Waals surface area contributed by atoms with Crippen LogP contribution in [-0.4, -0.2) is 15.9 Å². The maximum Gasteiger partial charge on any atom is 0.405 e. The van der Waals surface area contributed by atoms with Crippen molar-refractivity contribution in [1.82, 2.24) is 9.78 Å². The van der Waals surface area contributed by atoms with E-state index in [1.807, 2.05) is 0 Å². The number of hydrogen-bond donors (Lipinski definition) is 1. The Labute approximate surface area is 111 Å². The van der Waals surface area contributed by atoms with Gasteiger partial charge >= 0.3 is 6.09 Å². The van der Waals surface area contributed by atoms with Crippen molar-refractivity contribution in [2.24, 2.45) is 18.2 Å². The van der Waals surface area contributed by atoms with Gasteiger partial charge < -0.3 is 10.5 Å². The largest absolute Gasteiger partial charge is 0.439 e. The molecule has 1 aliphatic rings. The molecular weight excluding hydrogens is 254 g/mol. The minimum absolute atomic E-state index is 0.132. The average Bonchev–Trinajstić information content (AvgIpc) is 2.82. The average molecular weight is 272 g/mol. The van der Waals surface area contributed by atoms with Crippen molar-refractivity contribution in [3.05, 3.63) is 16.9 Å². The molecule has 0 bridgehead atoms. The van der Waals surface area contributed by atoms with Gasteiger partial charge in [0.2, 0.25) is 0 Å². The SMILES string of the molecule is Cn1cc(Cl)c([C@H](OC(N)=O)C2(C)CCCC2)n1. The number of aromatic nitrogens is 2. The Morgan fingerprint density at radius 1 is 1.61 bits per heavy atom. The van der Waals surface area contributed by atoms with E-state index in [4.69, 9.17) is 22.1 Å². The predicted molar refractivity (Wildman–Crippen MR) is 68.2 cm³/mol. The van der Waals surface area contributed by atoms with Crippen molar-refractivity contribution in [3.63, 3.8) is 0 Å². The highest BCUT2D eigenvalue weighted by Crippen LogP contribution is 2.49. The van der Waals surface area contributed by atoms with E-state index in [9.17, 15) is 4.79 Å². The van der Waals surface area contributed by atoms with Crippen molar-refractivity contribution in [2.45, 2.75) is 38.7 Å². The van der Waals surface area contributed by atoms with E-state index in [-0.39, 0.29) is 5.41 Å². The summed E-state index contributed by atoms with van der Waals surface area (Å²) in [5.41, 5.74) is 5.64. The van der Waals surface area contributed by atoms with E-state index in [1.165, 1.54) is 0 Å². The highest BCUT2D eigenvalue weighted by Gasteiger charge is 2.42. The predicted octanol–water partition coefficient (Wildman–Crippen LogP) is 2.79. The molecule has 1 aliphatic carbocycles. The molecular formula is C12H18ClN3O2. The van der Waals surface area contributed by atoms with Gasteiger partial charge in [-0.15, -0.1) is 0 Å². The lowest BCUT2D eigenvalue weighted by molar-refractivity contribution is 0.0169. The van der Waals surface area contributed by atoms with Crippen molar-refractivity contribution >= 4 is 17.7 Å². The summed E-state index contributed by atoms with van der Waals surface area (Å²) in [5, 5.41) is 4.82. The molecule has 0 saturated heterocycles. The molecule has 0 spiro atoms. The molecule has 1 saturated carbocycles. The van der Waals surface area contributed by atoms with Gasteiger partial charge in [0.1, 0.15) is 5.69 Å². The highest BCUT2D eigenvalue weighted by atomic mass is 35.5. The Hall–Kier alpha value is -1.23. The number of nitrogens with zero attached hydrogens (tertiary/aromatic N) is 2. The number of carbonyl (C=O) groups excluding carboxylic acids is 1. The van der Waals surface area contributed by atoms with Gasteiger partial charge in [0.25, 0.3) is 0 Å². The molecule has 0 aliphatic heterocycles. The number of halogens is 1. The lowest BCUT2D eigenvalue weighted by Gasteiger charge is -2.32. The summed E-state index contributed by atoms with van der Waals surface area (Å²) >= 11 is 6.15. The number of amides is 1. The third kappa shape index (κ3) is 2.46. The zero-order chi connectivity index (χ0) is 13.3. The Bertz CT molecular complexity index is 452. The summed E-state index contributed by atoms with van der Waals surface area (Å²) in [6, 6.07) is 0. The third-order valence-corrected chi connectivity index (χ3v) is 3.96. The monoisotopic (exact) mass is 271 g/mol. The molecule has 1 heterocycles. The second-order valence-electron chi connectivity index (χ2n) is 5.21. The van der Waals surface area contributed by atoms with Crippen molar-refractivity contribution in [2.75, 3.05) is 0 Å². The molecule has 0 unspecified atom stereocenters. The van der Waals surface area contributed by atoms with Crippen LogP contribution in [0.15, 0.2) is 6.20 Å². The van der Waals surface area contributed by atoms with E-state index in [0.29, 0.717) is 10.7 Å². The quantitative estimate of drug-likeness (QED) is 0.919. The van der Waals surface area contributed by atoms with E-state index < -0.39 is 12.2 Å². The Morgan fingerprint density at radius 3 is 2.67 bits per heavy atom. The lowest BCUT2D eigenvalue weighted by Crippen LogP contribution is -2.30. The first kappa shape index (κ1) is 13.2. The molecule has 0 radical (unpaired) electrons. The van der Waals surface area contributed by atoms with Gasteiger partial charge in [0, 0.05) is 18.7 Å². The first-order valence-corrected chi connectivity index (χ1v) is 6.45. The number of carbonyl (C=O) groups is 1.